The van der Waals surface area contributed by atoms with Crippen molar-refractivity contribution in [2.45, 2.75) is 29.2 Å². The maximum Gasteiger partial charge on any atom is 0.251 e. The Bertz CT molecular complexity index is 859. The first-order valence-corrected chi connectivity index (χ1v) is 9.65. The minimum Gasteiger partial charge on any atom is -0.351 e. The van der Waals surface area contributed by atoms with Crippen molar-refractivity contribution in [1.82, 2.24) is 20.5 Å². The largest absolute Gasteiger partial charge is 0.351 e. The Morgan fingerprint density at radius 2 is 1.88 bits per heavy atom. The van der Waals surface area contributed by atoms with E-state index in [1.807, 2.05) is 30.3 Å². The zero-order valence-electron chi connectivity index (χ0n) is 14.3. The van der Waals surface area contributed by atoms with Crippen LogP contribution in [0.1, 0.15) is 34.3 Å². The van der Waals surface area contributed by atoms with E-state index in [0.717, 1.165) is 29.3 Å². The van der Waals surface area contributed by atoms with Gasteiger partial charge in [0.25, 0.3) is 5.91 Å². The van der Waals surface area contributed by atoms with Gasteiger partial charge in [-0.15, -0.1) is 0 Å². The van der Waals surface area contributed by atoms with Gasteiger partial charge in [0.1, 0.15) is 6.33 Å². The molecular weight excluding hydrogens is 344 g/mol. The van der Waals surface area contributed by atoms with Crippen molar-refractivity contribution in [3.05, 3.63) is 77.6 Å². The summed E-state index contributed by atoms with van der Waals surface area (Å²) in [6, 6.07) is 18.2. The van der Waals surface area contributed by atoms with Crippen molar-refractivity contribution in [2.75, 3.05) is 6.54 Å². The van der Waals surface area contributed by atoms with Crippen molar-refractivity contribution in [1.29, 1.82) is 0 Å². The third-order valence-corrected chi connectivity index (χ3v) is 5.76. The summed E-state index contributed by atoms with van der Waals surface area (Å²) in [7, 11) is 0. The molecule has 1 aliphatic rings. The van der Waals surface area contributed by atoms with Gasteiger partial charge < -0.3 is 5.32 Å². The summed E-state index contributed by atoms with van der Waals surface area (Å²) < 4.78 is 0. The number of aromatic nitrogens is 3. The molecule has 1 aliphatic carbocycles. The molecule has 0 saturated heterocycles. The Hall–Kier alpha value is -2.60. The van der Waals surface area contributed by atoms with Crippen LogP contribution in [0.15, 0.2) is 66.1 Å². The van der Waals surface area contributed by atoms with Crippen LogP contribution in [0.3, 0.4) is 0 Å². The van der Waals surface area contributed by atoms with Gasteiger partial charge in [-0.1, -0.05) is 54.2 Å². The smallest absolute Gasteiger partial charge is 0.251 e. The third kappa shape index (κ3) is 3.80. The number of nitrogens with one attached hydrogen (secondary N) is 2. The second-order valence-electron chi connectivity index (χ2n) is 6.61. The zero-order chi connectivity index (χ0) is 17.8. The van der Waals surface area contributed by atoms with Crippen LogP contribution in [-0.4, -0.2) is 27.6 Å². The number of hydrogen-bond acceptors (Lipinski definition) is 4. The Balaban J connectivity index is 1.32. The molecule has 3 aromatic rings. The number of thioether (sulfide) groups is 1. The Labute approximate surface area is 156 Å². The van der Waals surface area contributed by atoms with Crippen LogP contribution in [0.25, 0.3) is 0 Å². The van der Waals surface area contributed by atoms with E-state index in [1.54, 1.807) is 11.8 Å². The minimum atomic E-state index is -0.0124. The summed E-state index contributed by atoms with van der Waals surface area (Å²) in [6.07, 6.45) is 3.77. The number of hydrogen-bond donors (Lipinski definition) is 2. The predicted molar refractivity (Wildman–Crippen MR) is 102 cm³/mol. The first kappa shape index (κ1) is 16.8. The van der Waals surface area contributed by atoms with E-state index in [1.165, 1.54) is 11.9 Å². The first-order chi connectivity index (χ1) is 12.8. The second kappa shape index (κ2) is 7.33. The number of H-pyrrole nitrogens is 1. The van der Waals surface area contributed by atoms with Crippen molar-refractivity contribution in [3.63, 3.8) is 0 Å². The quantitative estimate of drug-likeness (QED) is 0.629. The summed E-state index contributed by atoms with van der Waals surface area (Å²) >= 11 is 1.58. The molecule has 0 radical (unpaired) electrons. The van der Waals surface area contributed by atoms with Gasteiger partial charge in [-0.2, -0.15) is 5.10 Å². The number of nitrogens with zero attached hydrogens (tertiary/aromatic N) is 2. The number of rotatable bonds is 7. The van der Waals surface area contributed by atoms with E-state index in [-0.39, 0.29) is 11.3 Å². The average Bonchev–Trinajstić information content (AvgIpc) is 3.31. The van der Waals surface area contributed by atoms with E-state index < -0.39 is 0 Å². The summed E-state index contributed by atoms with van der Waals surface area (Å²) in [5.41, 5.74) is 3.29. The summed E-state index contributed by atoms with van der Waals surface area (Å²) in [4.78, 5) is 16.6. The predicted octanol–water partition coefficient (Wildman–Crippen LogP) is 3.56. The van der Waals surface area contributed by atoms with Crippen molar-refractivity contribution in [2.24, 2.45) is 0 Å². The average molecular weight is 364 g/mol. The normalized spacial score (nSPS) is 14.8. The van der Waals surface area contributed by atoms with E-state index in [0.29, 0.717) is 12.1 Å². The van der Waals surface area contributed by atoms with Crippen LogP contribution in [0.5, 0.6) is 0 Å². The van der Waals surface area contributed by atoms with Gasteiger partial charge >= 0.3 is 0 Å². The van der Waals surface area contributed by atoms with Gasteiger partial charge in [-0.25, -0.2) is 4.98 Å². The molecule has 2 aromatic carbocycles. The summed E-state index contributed by atoms with van der Waals surface area (Å²) in [5, 5.41) is 10.6. The SMILES string of the molecule is O=C(NCC1(c2ccccc2)CC1)c1ccc(CSc2ncn[nH]2)cc1. The molecule has 0 unspecified atom stereocenters. The number of amides is 1. The van der Waals surface area contributed by atoms with Gasteiger partial charge in [0, 0.05) is 23.3 Å². The molecule has 1 saturated carbocycles. The van der Waals surface area contributed by atoms with E-state index >= 15 is 0 Å². The molecule has 0 aliphatic heterocycles. The standard InChI is InChI=1S/C20H20N4OS/c25-18(21-13-20(10-11-20)17-4-2-1-3-5-17)16-8-6-15(7-9-16)12-26-19-22-14-23-24-19/h1-9,14H,10-13H2,(H,21,25)(H,22,23,24). The maximum absolute atomic E-state index is 12.5. The fourth-order valence-corrected chi connectivity index (χ4v) is 3.76. The molecule has 1 heterocycles. The monoisotopic (exact) mass is 364 g/mol. The maximum atomic E-state index is 12.5. The van der Waals surface area contributed by atoms with Crippen molar-refractivity contribution < 1.29 is 4.79 Å². The van der Waals surface area contributed by atoms with Crippen molar-refractivity contribution in [3.8, 4) is 0 Å². The minimum absolute atomic E-state index is 0.0124. The Morgan fingerprint density at radius 3 is 2.54 bits per heavy atom. The summed E-state index contributed by atoms with van der Waals surface area (Å²) in [6.45, 7) is 0.693. The highest BCUT2D eigenvalue weighted by molar-refractivity contribution is 7.98. The van der Waals surface area contributed by atoms with Crippen LogP contribution in [0, 0.1) is 0 Å². The Morgan fingerprint density at radius 1 is 1.12 bits per heavy atom. The molecule has 0 atom stereocenters. The topological polar surface area (TPSA) is 70.7 Å². The lowest BCUT2D eigenvalue weighted by Gasteiger charge is -2.16. The molecule has 0 spiro atoms. The van der Waals surface area contributed by atoms with Gasteiger partial charge in [0.05, 0.1) is 0 Å². The van der Waals surface area contributed by atoms with Crippen LogP contribution >= 0.6 is 11.8 Å². The molecule has 1 amide bonds. The molecule has 0 bridgehead atoms. The van der Waals surface area contributed by atoms with Crippen LogP contribution in [-0.2, 0) is 11.2 Å². The fraction of sp³-hybridized carbons (Fsp3) is 0.250. The third-order valence-electron chi connectivity index (χ3n) is 4.81. The van der Waals surface area contributed by atoms with Gasteiger partial charge in [-0.05, 0) is 36.1 Å². The van der Waals surface area contributed by atoms with E-state index in [4.69, 9.17) is 0 Å². The first-order valence-electron chi connectivity index (χ1n) is 8.66. The van der Waals surface area contributed by atoms with Crippen LogP contribution in [0.2, 0.25) is 0 Å². The molecule has 4 rings (SSSR count). The highest BCUT2D eigenvalue weighted by atomic mass is 32.2. The van der Waals surface area contributed by atoms with Crippen molar-refractivity contribution >= 4 is 17.7 Å². The number of carbonyl (C=O) groups is 1. The van der Waals surface area contributed by atoms with Gasteiger partial charge in [-0.3, -0.25) is 9.89 Å². The highest BCUT2D eigenvalue weighted by Gasteiger charge is 2.44. The molecule has 6 heteroatoms. The molecule has 5 nitrogen and oxygen atoms in total. The lowest BCUT2D eigenvalue weighted by Crippen LogP contribution is -2.32. The molecule has 2 N–H and O–H groups in total. The fourth-order valence-electron chi connectivity index (χ4n) is 3.03. The van der Waals surface area contributed by atoms with Gasteiger partial charge in [0.15, 0.2) is 5.16 Å². The van der Waals surface area contributed by atoms with Gasteiger partial charge in [0.2, 0.25) is 0 Å². The van der Waals surface area contributed by atoms with Crippen LogP contribution in [0.4, 0.5) is 0 Å². The number of benzene rings is 2. The number of carbonyl (C=O) groups excluding carboxylic acids is 1. The Kier molecular flexibility index (Phi) is 4.75. The lowest BCUT2D eigenvalue weighted by atomic mass is 9.96. The van der Waals surface area contributed by atoms with E-state index in [2.05, 4.69) is 44.8 Å². The molecule has 1 fully saturated rings. The highest BCUT2D eigenvalue weighted by Crippen LogP contribution is 2.47. The molecular formula is C20H20N4OS. The van der Waals surface area contributed by atoms with E-state index in [9.17, 15) is 4.79 Å². The molecule has 1 aromatic heterocycles. The molecule has 132 valence electrons. The summed E-state index contributed by atoms with van der Waals surface area (Å²) in [5.74, 6) is 0.774. The second-order valence-corrected chi connectivity index (χ2v) is 7.57. The number of aromatic amines is 1. The zero-order valence-corrected chi connectivity index (χ0v) is 15.1. The lowest BCUT2D eigenvalue weighted by molar-refractivity contribution is 0.0949. The van der Waals surface area contributed by atoms with Crippen LogP contribution < -0.4 is 5.32 Å². The molecule has 26 heavy (non-hydrogen) atoms.